The van der Waals surface area contributed by atoms with Crippen molar-refractivity contribution in [3.8, 4) is 5.75 Å². The predicted octanol–water partition coefficient (Wildman–Crippen LogP) is 6.97. The lowest BCUT2D eigenvalue weighted by Gasteiger charge is -2.39. The molecule has 1 saturated heterocycles. The minimum atomic E-state index is -1.31. The highest BCUT2D eigenvalue weighted by molar-refractivity contribution is 7.80. The van der Waals surface area contributed by atoms with Gasteiger partial charge in [0.15, 0.2) is 5.13 Å². The molecular weight excluding hydrogens is 526 g/mol. The number of carbonyl (C=O) groups is 1. The van der Waals surface area contributed by atoms with Crippen molar-refractivity contribution in [2.45, 2.75) is 37.1 Å². The summed E-state index contributed by atoms with van der Waals surface area (Å²) >= 11 is 12.1. The molecule has 1 aliphatic rings. The van der Waals surface area contributed by atoms with Crippen molar-refractivity contribution in [3.05, 3.63) is 57.1 Å². The molecule has 10 heteroatoms. The molecule has 1 fully saturated rings. The van der Waals surface area contributed by atoms with Crippen LogP contribution < -0.4 is 4.74 Å². The van der Waals surface area contributed by atoms with Gasteiger partial charge >= 0.3 is 5.97 Å². The minimum absolute atomic E-state index is 0.0269. The fourth-order valence-electron chi connectivity index (χ4n) is 5.12. The number of hydrogen-bond donors (Lipinski definition) is 2. The zero-order valence-electron chi connectivity index (χ0n) is 19.9. The first kappa shape index (κ1) is 27.1. The second-order valence-corrected chi connectivity index (χ2v) is 11.4. The summed E-state index contributed by atoms with van der Waals surface area (Å²) in [6.45, 7) is 1.96. The lowest BCUT2D eigenvalue weighted by atomic mass is 9.79. The van der Waals surface area contributed by atoms with Gasteiger partial charge in [0.1, 0.15) is 11.9 Å². The molecule has 4 rings (SSSR count). The van der Waals surface area contributed by atoms with E-state index in [1.807, 2.05) is 0 Å². The molecule has 0 aliphatic carbocycles. The number of methoxy groups -OCH3 is 1. The number of carboxylic acids is 1. The monoisotopic (exact) mass is 554 g/mol. The number of pyridine rings is 1. The van der Waals surface area contributed by atoms with E-state index in [2.05, 4.69) is 22.5 Å². The Kier molecular flexibility index (Phi) is 9.09. The second-order valence-electron chi connectivity index (χ2n) is 9.27. The first-order chi connectivity index (χ1) is 17.2. The van der Waals surface area contributed by atoms with Crippen LogP contribution in [0.25, 0.3) is 10.9 Å². The van der Waals surface area contributed by atoms with Gasteiger partial charge in [0.05, 0.1) is 17.6 Å². The molecule has 36 heavy (non-hydrogen) atoms. The van der Waals surface area contributed by atoms with Crippen LogP contribution in [0.2, 0.25) is 5.02 Å². The van der Waals surface area contributed by atoms with E-state index in [1.165, 1.54) is 12.3 Å². The van der Waals surface area contributed by atoms with Gasteiger partial charge in [0.25, 0.3) is 0 Å². The van der Waals surface area contributed by atoms with Gasteiger partial charge in [-0.25, -0.2) is 4.39 Å². The highest BCUT2D eigenvalue weighted by atomic mass is 35.5. The minimum Gasteiger partial charge on any atom is -0.497 e. The van der Waals surface area contributed by atoms with Crippen LogP contribution in [-0.2, 0) is 4.79 Å². The maximum Gasteiger partial charge on any atom is 0.303 e. The molecule has 0 radical (unpaired) electrons. The number of benzene rings is 1. The van der Waals surface area contributed by atoms with Gasteiger partial charge in [0, 0.05) is 46.8 Å². The number of nitrogens with zero attached hydrogens (tertiary/aromatic N) is 2. The summed E-state index contributed by atoms with van der Waals surface area (Å²) in [6, 6.07) is 8.47. The predicted molar refractivity (Wildman–Crippen MR) is 143 cm³/mol. The maximum atomic E-state index is 15.6. The zero-order chi connectivity index (χ0) is 25.8. The number of thiophene rings is 1. The molecule has 1 N–H and O–H groups in total. The number of thiol groups is 1. The molecule has 4 atom stereocenters. The van der Waals surface area contributed by atoms with Gasteiger partial charge in [-0.05, 0) is 68.0 Å². The quantitative estimate of drug-likeness (QED) is 0.265. The van der Waals surface area contributed by atoms with E-state index < -0.39 is 12.1 Å². The van der Waals surface area contributed by atoms with Crippen LogP contribution in [0.15, 0.2) is 36.5 Å². The van der Waals surface area contributed by atoms with E-state index in [4.69, 9.17) is 16.3 Å². The standard InChI is InChI=1S/C26H29ClF2N2O3S2/c1-34-17-3-5-21-18(11-17)26(19(27)12-30-21)20(28)4-2-15-8-9-31(13-16(15)10-25(32)33)14-22(35)23-6-7-24(29)36-23/h3,5-7,11-12,15-16,20,22,35H,2,4,8-10,13-14H2,1H3,(H,32,33)/t15-,16+,20+,22?/m1/s1. The Balaban J connectivity index is 1.43. The van der Waals surface area contributed by atoms with Gasteiger partial charge in [0.2, 0.25) is 0 Å². The molecule has 1 unspecified atom stereocenters. The number of rotatable bonds is 10. The van der Waals surface area contributed by atoms with Crippen LogP contribution in [-0.4, -0.2) is 47.7 Å². The summed E-state index contributed by atoms with van der Waals surface area (Å²) in [5, 5.41) is 10.0. The number of aromatic nitrogens is 1. The molecule has 0 spiro atoms. The van der Waals surface area contributed by atoms with Crippen LogP contribution in [0.3, 0.4) is 0 Å². The Morgan fingerprint density at radius 1 is 1.36 bits per heavy atom. The highest BCUT2D eigenvalue weighted by Crippen LogP contribution is 2.39. The Labute approximate surface area is 223 Å². The normalized spacial score (nSPS) is 20.4. The Morgan fingerprint density at radius 3 is 2.86 bits per heavy atom. The van der Waals surface area contributed by atoms with E-state index in [1.54, 1.807) is 31.4 Å². The van der Waals surface area contributed by atoms with Crippen molar-refractivity contribution in [1.29, 1.82) is 0 Å². The Bertz CT molecular complexity index is 1210. The lowest BCUT2D eigenvalue weighted by molar-refractivity contribution is -0.139. The SMILES string of the molecule is COc1ccc2ncc(Cl)c([C@@H](F)CC[C@@H]3CCN(CC(S)c4ccc(F)s4)C[C@@H]3CC(=O)O)c2c1. The van der Waals surface area contributed by atoms with Crippen molar-refractivity contribution in [3.63, 3.8) is 0 Å². The molecule has 0 bridgehead atoms. The van der Waals surface area contributed by atoms with Crippen LogP contribution in [0.4, 0.5) is 8.78 Å². The van der Waals surface area contributed by atoms with Gasteiger partial charge < -0.3 is 14.7 Å². The third-order valence-electron chi connectivity index (χ3n) is 6.94. The molecule has 1 aromatic carbocycles. The number of piperidine rings is 1. The average Bonchev–Trinajstić information content (AvgIpc) is 3.29. The number of likely N-dealkylation sites (tertiary alicyclic amines) is 1. The van der Waals surface area contributed by atoms with Crippen LogP contribution in [0.1, 0.15) is 47.5 Å². The van der Waals surface area contributed by atoms with E-state index in [0.717, 1.165) is 29.2 Å². The average molecular weight is 555 g/mol. The fourth-order valence-corrected chi connectivity index (χ4v) is 6.57. The number of carboxylic acid groups (broad SMARTS) is 1. The molecule has 1 aliphatic heterocycles. The van der Waals surface area contributed by atoms with Gasteiger partial charge in [-0.2, -0.15) is 17.0 Å². The molecule has 2 aromatic heterocycles. The number of halogens is 3. The number of alkyl halides is 1. The first-order valence-corrected chi connectivity index (χ1v) is 13.6. The molecule has 0 saturated carbocycles. The summed E-state index contributed by atoms with van der Waals surface area (Å²) in [5.74, 6) is -0.285. The first-order valence-electron chi connectivity index (χ1n) is 11.9. The Hall–Kier alpha value is -1.94. The van der Waals surface area contributed by atoms with Crippen LogP contribution in [0, 0.1) is 17.0 Å². The fraction of sp³-hybridized carbons (Fsp3) is 0.462. The van der Waals surface area contributed by atoms with Gasteiger partial charge in [-0.1, -0.05) is 11.6 Å². The van der Waals surface area contributed by atoms with E-state index in [0.29, 0.717) is 41.7 Å². The number of aliphatic carboxylic acids is 1. The third kappa shape index (κ3) is 6.49. The van der Waals surface area contributed by atoms with Crippen molar-refractivity contribution in [2.24, 2.45) is 11.8 Å². The van der Waals surface area contributed by atoms with Crippen molar-refractivity contribution in [1.82, 2.24) is 9.88 Å². The highest BCUT2D eigenvalue weighted by Gasteiger charge is 2.32. The van der Waals surface area contributed by atoms with Crippen molar-refractivity contribution < 1.29 is 23.4 Å². The van der Waals surface area contributed by atoms with E-state index in [9.17, 15) is 14.3 Å². The van der Waals surface area contributed by atoms with Gasteiger partial charge in [-0.15, -0.1) is 11.3 Å². The molecule has 3 heterocycles. The number of hydrogen-bond acceptors (Lipinski definition) is 6. The number of ether oxygens (including phenoxy) is 1. The summed E-state index contributed by atoms with van der Waals surface area (Å²) in [7, 11) is 1.55. The molecule has 5 nitrogen and oxygen atoms in total. The molecule has 194 valence electrons. The lowest BCUT2D eigenvalue weighted by Crippen LogP contribution is -2.42. The molecule has 3 aromatic rings. The third-order valence-corrected chi connectivity index (χ3v) is 8.84. The van der Waals surface area contributed by atoms with E-state index >= 15 is 4.39 Å². The summed E-state index contributed by atoms with van der Waals surface area (Å²) in [6.07, 6.45) is 1.74. The topological polar surface area (TPSA) is 62.7 Å². The molecular formula is C26H29ClF2N2O3S2. The van der Waals surface area contributed by atoms with Crippen molar-refractivity contribution in [2.75, 3.05) is 26.7 Å². The van der Waals surface area contributed by atoms with E-state index in [-0.39, 0.29) is 40.1 Å². The summed E-state index contributed by atoms with van der Waals surface area (Å²) < 4.78 is 34.3. The second kappa shape index (κ2) is 12.1. The zero-order valence-corrected chi connectivity index (χ0v) is 22.3. The largest absolute Gasteiger partial charge is 0.497 e. The number of fused-ring (bicyclic) bond motifs is 1. The maximum absolute atomic E-state index is 15.6. The summed E-state index contributed by atoms with van der Waals surface area (Å²) in [5.41, 5.74) is 1.04. The molecule has 0 amide bonds. The van der Waals surface area contributed by atoms with Crippen LogP contribution in [0.5, 0.6) is 5.75 Å². The Morgan fingerprint density at radius 2 is 2.17 bits per heavy atom. The van der Waals surface area contributed by atoms with Gasteiger partial charge in [-0.3, -0.25) is 9.78 Å². The smallest absolute Gasteiger partial charge is 0.303 e. The van der Waals surface area contributed by atoms with Crippen LogP contribution >= 0.6 is 35.6 Å². The summed E-state index contributed by atoms with van der Waals surface area (Å²) in [4.78, 5) is 18.9. The van der Waals surface area contributed by atoms with Crippen molar-refractivity contribution >= 4 is 52.4 Å².